The highest BCUT2D eigenvalue weighted by Crippen LogP contribution is 2.27. The van der Waals surface area contributed by atoms with Gasteiger partial charge >= 0.3 is 0 Å². The summed E-state index contributed by atoms with van der Waals surface area (Å²) < 4.78 is 13.0. The Balaban J connectivity index is 2.16. The number of rotatable bonds is 3. The van der Waals surface area contributed by atoms with Gasteiger partial charge in [0.25, 0.3) is 0 Å². The molecule has 0 bridgehead atoms. The minimum atomic E-state index is -0.139. The summed E-state index contributed by atoms with van der Waals surface area (Å²) in [5.41, 5.74) is 2.34. The number of benzene rings is 1. The summed E-state index contributed by atoms with van der Waals surface area (Å²) in [4.78, 5) is 2.23. The Bertz CT molecular complexity index is 325. The molecule has 1 aromatic rings. The highest BCUT2D eigenvalue weighted by atomic mass is 19.1. The number of hydrogen-bond acceptors (Lipinski definition) is 2. The third-order valence-corrected chi connectivity index (χ3v) is 2.67. The first-order valence-corrected chi connectivity index (χ1v) is 4.99. The van der Waals surface area contributed by atoms with Gasteiger partial charge in [-0.2, -0.15) is 0 Å². The van der Waals surface area contributed by atoms with Gasteiger partial charge in [0.2, 0.25) is 0 Å². The summed E-state index contributed by atoms with van der Waals surface area (Å²) in [6, 6.07) is 5.07. The Morgan fingerprint density at radius 2 is 2.36 bits per heavy atom. The third kappa shape index (κ3) is 1.73. The minimum absolute atomic E-state index is 0.139. The van der Waals surface area contributed by atoms with Crippen molar-refractivity contribution in [2.24, 2.45) is 0 Å². The van der Waals surface area contributed by atoms with Gasteiger partial charge in [0.1, 0.15) is 5.82 Å². The van der Waals surface area contributed by atoms with Crippen molar-refractivity contribution in [3.8, 4) is 0 Å². The van der Waals surface area contributed by atoms with Gasteiger partial charge < -0.3 is 10.2 Å². The van der Waals surface area contributed by atoms with E-state index in [1.54, 1.807) is 12.1 Å². The van der Waals surface area contributed by atoms with Crippen LogP contribution < -0.4 is 10.2 Å². The molecule has 1 N–H and O–H groups in total. The predicted molar refractivity (Wildman–Crippen MR) is 56.2 cm³/mol. The van der Waals surface area contributed by atoms with Crippen LogP contribution in [0.1, 0.15) is 5.56 Å². The van der Waals surface area contributed by atoms with Gasteiger partial charge in [-0.05, 0) is 31.2 Å². The summed E-state index contributed by atoms with van der Waals surface area (Å²) in [5.74, 6) is -0.139. The molecule has 0 aromatic heterocycles. The molecule has 1 heterocycles. The van der Waals surface area contributed by atoms with E-state index >= 15 is 0 Å². The fraction of sp³-hybridized carbons (Fsp3) is 0.455. The van der Waals surface area contributed by atoms with E-state index in [-0.39, 0.29) is 5.82 Å². The Kier molecular flexibility index (Phi) is 2.68. The zero-order valence-corrected chi connectivity index (χ0v) is 8.39. The van der Waals surface area contributed by atoms with Gasteiger partial charge in [0.05, 0.1) is 0 Å². The summed E-state index contributed by atoms with van der Waals surface area (Å²) in [6.45, 7) is 2.91. The van der Waals surface area contributed by atoms with Crippen LogP contribution in [0.2, 0.25) is 0 Å². The quantitative estimate of drug-likeness (QED) is 0.782. The summed E-state index contributed by atoms with van der Waals surface area (Å²) in [6.07, 6.45) is 1.04. The number of halogens is 1. The molecule has 0 atom stereocenters. The number of fused-ring (bicyclic) bond motifs is 1. The molecule has 2 rings (SSSR count). The minimum Gasteiger partial charge on any atom is -0.370 e. The lowest BCUT2D eigenvalue weighted by molar-refractivity contribution is 0.627. The maximum absolute atomic E-state index is 13.0. The van der Waals surface area contributed by atoms with Crippen LogP contribution in [0.5, 0.6) is 0 Å². The normalized spacial score (nSPS) is 14.6. The average molecular weight is 194 g/mol. The second kappa shape index (κ2) is 3.96. The fourth-order valence-corrected chi connectivity index (χ4v) is 1.90. The van der Waals surface area contributed by atoms with Crippen molar-refractivity contribution in [1.29, 1.82) is 0 Å². The van der Waals surface area contributed by atoms with E-state index in [2.05, 4.69) is 10.2 Å². The summed E-state index contributed by atoms with van der Waals surface area (Å²) in [7, 11) is 1.93. The second-order valence-corrected chi connectivity index (χ2v) is 3.61. The zero-order chi connectivity index (χ0) is 9.97. The van der Waals surface area contributed by atoms with Gasteiger partial charge in [-0.1, -0.05) is 6.07 Å². The topological polar surface area (TPSA) is 15.3 Å². The molecule has 0 saturated carbocycles. The predicted octanol–water partition coefficient (Wildman–Crippen LogP) is 1.41. The van der Waals surface area contributed by atoms with Crippen molar-refractivity contribution in [3.05, 3.63) is 29.6 Å². The monoisotopic (exact) mass is 194 g/mol. The first-order chi connectivity index (χ1) is 6.81. The maximum atomic E-state index is 13.0. The van der Waals surface area contributed by atoms with E-state index < -0.39 is 0 Å². The van der Waals surface area contributed by atoms with Gasteiger partial charge in [0.15, 0.2) is 0 Å². The second-order valence-electron chi connectivity index (χ2n) is 3.61. The lowest BCUT2D eigenvalue weighted by Gasteiger charge is -2.18. The molecular weight excluding hydrogens is 179 g/mol. The number of nitrogens with one attached hydrogen (secondary N) is 1. The molecule has 0 spiro atoms. The van der Waals surface area contributed by atoms with E-state index in [9.17, 15) is 4.39 Å². The van der Waals surface area contributed by atoms with E-state index in [1.807, 2.05) is 13.1 Å². The molecule has 14 heavy (non-hydrogen) atoms. The molecule has 0 amide bonds. The molecule has 3 heteroatoms. The van der Waals surface area contributed by atoms with Crippen LogP contribution in [0.4, 0.5) is 10.1 Å². The Labute approximate surface area is 83.7 Å². The lowest BCUT2D eigenvalue weighted by Crippen LogP contribution is -2.29. The molecule has 2 nitrogen and oxygen atoms in total. The van der Waals surface area contributed by atoms with Crippen LogP contribution in [0.25, 0.3) is 0 Å². The third-order valence-electron chi connectivity index (χ3n) is 2.67. The molecule has 0 radical (unpaired) electrons. The van der Waals surface area contributed by atoms with Gasteiger partial charge in [-0.25, -0.2) is 4.39 Å². The molecule has 1 aliphatic heterocycles. The van der Waals surface area contributed by atoms with Crippen LogP contribution in [0.15, 0.2) is 18.2 Å². The molecule has 1 aliphatic rings. The van der Waals surface area contributed by atoms with Crippen molar-refractivity contribution in [2.45, 2.75) is 6.42 Å². The summed E-state index contributed by atoms with van der Waals surface area (Å²) >= 11 is 0. The van der Waals surface area contributed by atoms with E-state index in [4.69, 9.17) is 0 Å². The van der Waals surface area contributed by atoms with Crippen molar-refractivity contribution in [2.75, 3.05) is 31.6 Å². The van der Waals surface area contributed by atoms with Crippen LogP contribution in [-0.2, 0) is 6.42 Å². The smallest absolute Gasteiger partial charge is 0.125 e. The number of hydrogen-bond donors (Lipinski definition) is 1. The van der Waals surface area contributed by atoms with Crippen molar-refractivity contribution in [3.63, 3.8) is 0 Å². The number of anilines is 1. The first kappa shape index (κ1) is 9.46. The van der Waals surface area contributed by atoms with Crippen LogP contribution in [0.3, 0.4) is 0 Å². The highest BCUT2D eigenvalue weighted by molar-refractivity contribution is 5.58. The maximum Gasteiger partial charge on any atom is 0.125 e. The molecule has 0 fully saturated rings. The number of likely N-dealkylation sites (N-methyl/N-ethyl adjacent to an activating group) is 1. The molecule has 1 aromatic carbocycles. The first-order valence-electron chi connectivity index (χ1n) is 4.99. The lowest BCUT2D eigenvalue weighted by atomic mass is 10.2. The SMILES string of the molecule is CNCCN1CCc2ccc(F)cc21. The molecule has 0 saturated heterocycles. The molecule has 0 aliphatic carbocycles. The van der Waals surface area contributed by atoms with Crippen LogP contribution >= 0.6 is 0 Å². The zero-order valence-electron chi connectivity index (χ0n) is 8.39. The van der Waals surface area contributed by atoms with Gasteiger partial charge in [-0.15, -0.1) is 0 Å². The number of nitrogens with zero attached hydrogens (tertiary/aromatic N) is 1. The highest BCUT2D eigenvalue weighted by Gasteiger charge is 2.18. The van der Waals surface area contributed by atoms with Crippen LogP contribution in [-0.4, -0.2) is 26.7 Å². The largest absolute Gasteiger partial charge is 0.370 e. The Morgan fingerprint density at radius 1 is 1.50 bits per heavy atom. The van der Waals surface area contributed by atoms with Crippen molar-refractivity contribution < 1.29 is 4.39 Å². The van der Waals surface area contributed by atoms with Crippen LogP contribution in [0, 0.1) is 5.82 Å². The Morgan fingerprint density at radius 3 is 3.14 bits per heavy atom. The standard InChI is InChI=1S/C11H15FN2/c1-13-5-7-14-6-4-9-2-3-10(12)8-11(9)14/h2-3,8,13H,4-7H2,1H3. The average Bonchev–Trinajstić information content (AvgIpc) is 2.57. The van der Waals surface area contributed by atoms with E-state index in [1.165, 1.54) is 5.56 Å². The van der Waals surface area contributed by atoms with Crippen molar-refractivity contribution in [1.82, 2.24) is 5.32 Å². The van der Waals surface area contributed by atoms with Crippen molar-refractivity contribution >= 4 is 5.69 Å². The molecular formula is C11H15FN2. The van der Waals surface area contributed by atoms with Gasteiger partial charge in [-0.3, -0.25) is 0 Å². The summed E-state index contributed by atoms with van der Waals surface area (Å²) in [5, 5.41) is 3.10. The van der Waals surface area contributed by atoms with Gasteiger partial charge in [0, 0.05) is 25.3 Å². The molecule has 0 unspecified atom stereocenters. The fourth-order valence-electron chi connectivity index (χ4n) is 1.90. The molecule has 76 valence electrons. The Hall–Kier alpha value is -1.09. The van der Waals surface area contributed by atoms with E-state index in [0.717, 1.165) is 31.7 Å². The van der Waals surface area contributed by atoms with E-state index in [0.29, 0.717) is 0 Å².